The van der Waals surface area contributed by atoms with Gasteiger partial charge < -0.3 is 10.6 Å². The molecule has 0 radical (unpaired) electrons. The van der Waals surface area contributed by atoms with Crippen LogP contribution in [-0.4, -0.2) is 28.2 Å². The van der Waals surface area contributed by atoms with Gasteiger partial charge in [0.15, 0.2) is 0 Å². The predicted molar refractivity (Wildman–Crippen MR) is 127 cm³/mol. The van der Waals surface area contributed by atoms with E-state index < -0.39 is 0 Å². The number of aromatic nitrogens is 2. The van der Waals surface area contributed by atoms with Crippen molar-refractivity contribution >= 4 is 23.6 Å². The van der Waals surface area contributed by atoms with Gasteiger partial charge in [-0.25, -0.2) is 9.97 Å². The minimum atomic E-state index is -0.0905. The molecule has 160 valence electrons. The summed E-state index contributed by atoms with van der Waals surface area (Å²) in [6.07, 6.45) is 11.9. The van der Waals surface area contributed by atoms with Crippen molar-refractivity contribution in [2.24, 2.45) is 0 Å². The lowest BCUT2D eigenvalue weighted by Gasteiger charge is -2.22. The molecule has 1 saturated carbocycles. The van der Waals surface area contributed by atoms with Gasteiger partial charge in [-0.15, -0.1) is 11.8 Å². The molecule has 2 N–H and O–H groups in total. The van der Waals surface area contributed by atoms with E-state index in [4.69, 9.17) is 0 Å². The number of hydrogen-bond donors (Lipinski definition) is 2. The van der Waals surface area contributed by atoms with Gasteiger partial charge in [-0.3, -0.25) is 4.79 Å². The molecular weight excluding hydrogens is 404 g/mol. The molecule has 0 spiro atoms. The van der Waals surface area contributed by atoms with Crippen molar-refractivity contribution in [2.75, 3.05) is 11.6 Å². The van der Waals surface area contributed by atoms with Gasteiger partial charge in [0.2, 0.25) is 5.95 Å². The fourth-order valence-corrected chi connectivity index (χ4v) is 4.26. The van der Waals surface area contributed by atoms with Crippen LogP contribution in [0.5, 0.6) is 0 Å². The quantitative estimate of drug-likeness (QED) is 0.480. The summed E-state index contributed by atoms with van der Waals surface area (Å²) < 4.78 is 0. The Kier molecular flexibility index (Phi) is 7.20. The van der Waals surface area contributed by atoms with E-state index in [9.17, 15) is 4.79 Å². The maximum Gasteiger partial charge on any atom is 0.251 e. The van der Waals surface area contributed by atoms with Crippen molar-refractivity contribution in [3.63, 3.8) is 0 Å². The molecule has 31 heavy (non-hydrogen) atoms. The minimum absolute atomic E-state index is 0.0905. The molecule has 1 aliphatic rings. The maximum absolute atomic E-state index is 12.6. The maximum atomic E-state index is 12.6. The van der Waals surface area contributed by atoms with Crippen molar-refractivity contribution in [1.29, 1.82) is 0 Å². The molecule has 1 amide bonds. The summed E-state index contributed by atoms with van der Waals surface area (Å²) in [6.45, 7) is 0.502. The third-order valence-corrected chi connectivity index (χ3v) is 6.40. The standard InChI is InChI=1S/C25H28N4OS/c1-31-23-12-10-18(11-13-23)15-26-24(30)20-7-5-6-19(14-20)21-16-27-25(28-17-21)29-22-8-3-2-4-9-22/h5-7,10-14,16-17,22H,2-4,8-9,15H2,1H3,(H,26,30)(H,27,28,29). The molecule has 1 aromatic heterocycles. The number of nitrogens with one attached hydrogen (secondary N) is 2. The Morgan fingerprint density at radius 2 is 1.74 bits per heavy atom. The summed E-state index contributed by atoms with van der Waals surface area (Å²) in [7, 11) is 0. The Balaban J connectivity index is 1.38. The zero-order valence-corrected chi connectivity index (χ0v) is 18.6. The van der Waals surface area contributed by atoms with Gasteiger partial charge in [0, 0.05) is 41.0 Å². The molecule has 0 aliphatic heterocycles. The molecule has 2 aromatic carbocycles. The van der Waals surface area contributed by atoms with E-state index in [0.29, 0.717) is 24.1 Å². The minimum Gasteiger partial charge on any atom is -0.351 e. The van der Waals surface area contributed by atoms with Crippen LogP contribution < -0.4 is 10.6 Å². The van der Waals surface area contributed by atoms with Crippen molar-refractivity contribution in [1.82, 2.24) is 15.3 Å². The highest BCUT2D eigenvalue weighted by atomic mass is 32.2. The van der Waals surface area contributed by atoms with Crippen molar-refractivity contribution < 1.29 is 4.79 Å². The first-order chi connectivity index (χ1) is 15.2. The second-order valence-electron chi connectivity index (χ2n) is 7.89. The molecule has 0 atom stereocenters. The lowest BCUT2D eigenvalue weighted by molar-refractivity contribution is 0.0951. The van der Waals surface area contributed by atoms with Crippen LogP contribution in [0.3, 0.4) is 0 Å². The van der Waals surface area contributed by atoms with E-state index in [-0.39, 0.29) is 5.91 Å². The van der Waals surface area contributed by atoms with Crippen LogP contribution in [0.2, 0.25) is 0 Å². The van der Waals surface area contributed by atoms with Crippen molar-refractivity contribution in [2.45, 2.75) is 49.6 Å². The molecule has 3 aromatic rings. The fourth-order valence-electron chi connectivity index (χ4n) is 3.85. The SMILES string of the molecule is CSc1ccc(CNC(=O)c2cccc(-c3cnc(NC4CCCCC4)nc3)c2)cc1. The molecule has 4 rings (SSSR count). The molecule has 0 bridgehead atoms. The van der Waals surface area contributed by atoms with E-state index in [0.717, 1.165) is 16.7 Å². The van der Waals surface area contributed by atoms with Gasteiger partial charge in [-0.05, 0) is 54.5 Å². The highest BCUT2D eigenvalue weighted by molar-refractivity contribution is 7.98. The average Bonchev–Trinajstić information content (AvgIpc) is 2.84. The summed E-state index contributed by atoms with van der Waals surface area (Å²) in [5.41, 5.74) is 3.54. The van der Waals surface area contributed by atoms with E-state index in [1.807, 2.05) is 48.8 Å². The van der Waals surface area contributed by atoms with E-state index in [2.05, 4.69) is 39.0 Å². The van der Waals surface area contributed by atoms with Gasteiger partial charge >= 0.3 is 0 Å². The summed E-state index contributed by atoms with van der Waals surface area (Å²) in [5.74, 6) is 0.587. The second-order valence-corrected chi connectivity index (χ2v) is 8.77. The summed E-state index contributed by atoms with van der Waals surface area (Å²) in [6, 6.07) is 16.3. The second kappa shape index (κ2) is 10.4. The van der Waals surface area contributed by atoms with E-state index in [1.165, 1.54) is 37.0 Å². The van der Waals surface area contributed by atoms with Crippen LogP contribution in [0, 0.1) is 0 Å². The normalized spacial score (nSPS) is 14.2. The third kappa shape index (κ3) is 5.85. The molecule has 6 heteroatoms. The third-order valence-electron chi connectivity index (χ3n) is 5.66. The van der Waals surface area contributed by atoms with Crippen LogP contribution in [0.1, 0.15) is 48.0 Å². The number of benzene rings is 2. The number of carbonyl (C=O) groups excluding carboxylic acids is 1. The summed E-state index contributed by atoms with van der Waals surface area (Å²) >= 11 is 1.71. The Morgan fingerprint density at radius 1 is 1.00 bits per heavy atom. The number of carbonyl (C=O) groups is 1. The average molecular weight is 433 g/mol. The monoisotopic (exact) mass is 432 g/mol. The van der Waals surface area contributed by atoms with Gasteiger partial charge in [0.25, 0.3) is 5.91 Å². The first-order valence-corrected chi connectivity index (χ1v) is 12.0. The summed E-state index contributed by atoms with van der Waals surface area (Å²) in [4.78, 5) is 22.8. The smallest absolute Gasteiger partial charge is 0.251 e. The van der Waals surface area contributed by atoms with Crippen molar-refractivity contribution in [3.8, 4) is 11.1 Å². The highest BCUT2D eigenvalue weighted by Gasteiger charge is 2.14. The van der Waals surface area contributed by atoms with Crippen LogP contribution in [0.15, 0.2) is 65.8 Å². The summed E-state index contributed by atoms with van der Waals surface area (Å²) in [5, 5.41) is 6.44. The van der Waals surface area contributed by atoms with E-state index >= 15 is 0 Å². The van der Waals surface area contributed by atoms with Gasteiger partial charge in [-0.1, -0.05) is 43.5 Å². The number of rotatable bonds is 7. The first-order valence-electron chi connectivity index (χ1n) is 10.8. The zero-order valence-electron chi connectivity index (χ0n) is 17.8. The molecular formula is C25H28N4OS. The Labute approximate surface area is 188 Å². The Morgan fingerprint density at radius 3 is 2.45 bits per heavy atom. The highest BCUT2D eigenvalue weighted by Crippen LogP contribution is 2.22. The number of hydrogen-bond acceptors (Lipinski definition) is 5. The number of nitrogens with zero attached hydrogens (tertiary/aromatic N) is 2. The van der Waals surface area contributed by atoms with Crippen LogP contribution >= 0.6 is 11.8 Å². The first kappa shape index (κ1) is 21.4. The van der Waals surface area contributed by atoms with Crippen LogP contribution in [-0.2, 0) is 6.54 Å². The number of anilines is 1. The fraction of sp³-hybridized carbons (Fsp3) is 0.320. The van der Waals surface area contributed by atoms with Crippen LogP contribution in [0.25, 0.3) is 11.1 Å². The lowest BCUT2D eigenvalue weighted by atomic mass is 9.96. The molecule has 5 nitrogen and oxygen atoms in total. The topological polar surface area (TPSA) is 66.9 Å². The zero-order chi connectivity index (χ0) is 21.5. The van der Waals surface area contributed by atoms with Gasteiger partial charge in [0.1, 0.15) is 0 Å². The molecule has 1 heterocycles. The largest absolute Gasteiger partial charge is 0.351 e. The van der Waals surface area contributed by atoms with E-state index in [1.54, 1.807) is 11.8 Å². The Hall–Kier alpha value is -2.86. The van der Waals surface area contributed by atoms with Gasteiger partial charge in [-0.2, -0.15) is 0 Å². The molecule has 0 saturated heterocycles. The van der Waals surface area contributed by atoms with Crippen molar-refractivity contribution in [3.05, 3.63) is 72.1 Å². The Bertz CT molecular complexity index is 999. The lowest BCUT2D eigenvalue weighted by Crippen LogP contribution is -2.23. The molecule has 0 unspecified atom stereocenters. The van der Waals surface area contributed by atoms with Crippen LogP contribution in [0.4, 0.5) is 5.95 Å². The molecule has 1 fully saturated rings. The number of thioether (sulfide) groups is 1. The van der Waals surface area contributed by atoms with Gasteiger partial charge in [0.05, 0.1) is 0 Å². The molecule has 1 aliphatic carbocycles. The number of amides is 1. The predicted octanol–water partition coefficient (Wildman–Crippen LogP) is 5.54.